The zero-order chi connectivity index (χ0) is 24.7. The molecule has 2 N–H and O–H groups in total. The largest absolute Gasteiger partial charge is 0.471 e. The number of nitrogens with one attached hydrogen (secondary N) is 2. The highest BCUT2D eigenvalue weighted by molar-refractivity contribution is 5.99. The van der Waals surface area contributed by atoms with Gasteiger partial charge in [0.15, 0.2) is 11.6 Å². The Morgan fingerprint density at radius 3 is 2.83 bits per heavy atom. The van der Waals surface area contributed by atoms with E-state index in [-0.39, 0.29) is 30.4 Å². The van der Waals surface area contributed by atoms with E-state index in [2.05, 4.69) is 25.5 Å². The maximum atomic E-state index is 14.8. The first-order valence-electron chi connectivity index (χ1n) is 10.8. The van der Waals surface area contributed by atoms with E-state index in [1.54, 1.807) is 17.2 Å². The lowest BCUT2D eigenvalue weighted by atomic mass is 10.1. The van der Waals surface area contributed by atoms with Gasteiger partial charge in [-0.2, -0.15) is 23.3 Å². The predicted molar refractivity (Wildman–Crippen MR) is 123 cm³/mol. The van der Waals surface area contributed by atoms with E-state index >= 15 is 0 Å². The number of alkyl halides is 3. The number of nitrogens with zero attached hydrogens (tertiary/aromatic N) is 5. The highest BCUT2D eigenvalue weighted by Crippen LogP contribution is 2.35. The number of aromatic amines is 1. The number of rotatable bonds is 5. The van der Waals surface area contributed by atoms with Gasteiger partial charge in [0, 0.05) is 29.9 Å². The molecule has 4 aromatic rings. The second-order valence-electron chi connectivity index (χ2n) is 7.89. The van der Waals surface area contributed by atoms with Gasteiger partial charge in [-0.3, -0.25) is 9.89 Å². The summed E-state index contributed by atoms with van der Waals surface area (Å²) in [6.07, 6.45) is -1.95. The van der Waals surface area contributed by atoms with E-state index in [0.717, 1.165) is 22.0 Å². The SMILES string of the molecule is CCN(c1nc(Nc2ccc3c(c2)CCN3C(=O)C(F)(F)F)ncc1F)c1cccc2[nH]ncc12. The fraction of sp³-hybridized carbons (Fsp3) is 0.217. The van der Waals surface area contributed by atoms with Crippen LogP contribution in [0.25, 0.3) is 10.9 Å². The first-order chi connectivity index (χ1) is 16.8. The maximum absolute atomic E-state index is 14.8. The van der Waals surface area contributed by atoms with Crippen LogP contribution in [0.5, 0.6) is 0 Å². The van der Waals surface area contributed by atoms with Crippen LogP contribution in [0.1, 0.15) is 12.5 Å². The molecule has 0 radical (unpaired) electrons. The Balaban J connectivity index is 1.43. The number of benzene rings is 2. The number of fused-ring (bicyclic) bond motifs is 2. The number of hydrogen-bond donors (Lipinski definition) is 2. The third kappa shape index (κ3) is 4.11. The average Bonchev–Trinajstić information content (AvgIpc) is 3.47. The summed E-state index contributed by atoms with van der Waals surface area (Å²) in [5.41, 5.74) is 2.81. The quantitative estimate of drug-likeness (QED) is 0.393. The van der Waals surface area contributed by atoms with E-state index < -0.39 is 17.9 Å². The van der Waals surface area contributed by atoms with Gasteiger partial charge in [-0.05, 0) is 49.2 Å². The fourth-order valence-corrected chi connectivity index (χ4v) is 4.20. The van der Waals surface area contributed by atoms with Crippen molar-refractivity contribution in [2.75, 3.05) is 28.2 Å². The van der Waals surface area contributed by atoms with Crippen LogP contribution in [0.4, 0.5) is 46.4 Å². The molecule has 0 fully saturated rings. The van der Waals surface area contributed by atoms with Crippen molar-refractivity contribution in [2.24, 2.45) is 0 Å². The van der Waals surface area contributed by atoms with Gasteiger partial charge in [-0.25, -0.2) is 9.37 Å². The molecule has 0 atom stereocenters. The number of halogens is 4. The highest BCUT2D eigenvalue weighted by Gasteiger charge is 2.44. The molecular formula is C23H19F4N7O. The molecule has 5 rings (SSSR count). The second-order valence-corrected chi connectivity index (χ2v) is 7.89. The van der Waals surface area contributed by atoms with Gasteiger partial charge in [-0.1, -0.05) is 6.07 Å². The Hall–Kier alpha value is -4.22. The van der Waals surface area contributed by atoms with Gasteiger partial charge in [0.25, 0.3) is 0 Å². The van der Waals surface area contributed by atoms with Crippen molar-refractivity contribution < 1.29 is 22.4 Å². The molecule has 0 unspecified atom stereocenters. The predicted octanol–water partition coefficient (Wildman–Crippen LogP) is 4.85. The molecule has 1 aliphatic heterocycles. The molecule has 1 amide bonds. The molecule has 35 heavy (non-hydrogen) atoms. The molecule has 3 heterocycles. The molecule has 0 spiro atoms. The molecule has 2 aromatic heterocycles. The van der Waals surface area contributed by atoms with Crippen LogP contribution >= 0.6 is 0 Å². The summed E-state index contributed by atoms with van der Waals surface area (Å²) in [6.45, 7) is 2.22. The van der Waals surface area contributed by atoms with Crippen molar-refractivity contribution in [3.8, 4) is 0 Å². The Labute approximate surface area is 196 Å². The number of H-pyrrole nitrogens is 1. The third-order valence-electron chi connectivity index (χ3n) is 5.77. The topological polar surface area (TPSA) is 90.0 Å². The van der Waals surface area contributed by atoms with Crippen LogP contribution in [0.15, 0.2) is 48.8 Å². The van der Waals surface area contributed by atoms with Crippen molar-refractivity contribution in [1.82, 2.24) is 20.2 Å². The minimum Gasteiger partial charge on any atom is -0.324 e. The molecule has 12 heteroatoms. The molecule has 0 saturated carbocycles. The minimum atomic E-state index is -4.94. The number of anilines is 5. The normalized spacial score (nSPS) is 13.2. The highest BCUT2D eigenvalue weighted by atomic mass is 19.4. The second kappa shape index (κ2) is 8.53. The Bertz CT molecular complexity index is 1420. The van der Waals surface area contributed by atoms with Crippen LogP contribution in [-0.2, 0) is 11.2 Å². The molecule has 0 aliphatic carbocycles. The molecule has 1 aliphatic rings. The molecule has 8 nitrogen and oxygen atoms in total. The summed E-state index contributed by atoms with van der Waals surface area (Å²) in [7, 11) is 0. The number of carbonyl (C=O) groups is 1. The van der Waals surface area contributed by atoms with Gasteiger partial charge in [0.2, 0.25) is 5.95 Å². The van der Waals surface area contributed by atoms with Gasteiger partial charge >= 0.3 is 12.1 Å². The summed E-state index contributed by atoms with van der Waals surface area (Å²) in [5.74, 6) is -2.34. The number of hydrogen-bond acceptors (Lipinski definition) is 6. The van der Waals surface area contributed by atoms with Crippen molar-refractivity contribution in [1.29, 1.82) is 0 Å². The van der Waals surface area contributed by atoms with E-state index in [1.807, 2.05) is 25.1 Å². The van der Waals surface area contributed by atoms with Crippen LogP contribution < -0.4 is 15.1 Å². The molecule has 180 valence electrons. The number of aromatic nitrogens is 4. The van der Waals surface area contributed by atoms with Crippen LogP contribution in [-0.4, -0.2) is 45.3 Å². The number of amides is 1. The molecule has 2 aromatic carbocycles. The smallest absolute Gasteiger partial charge is 0.324 e. The number of carbonyl (C=O) groups excluding carboxylic acids is 1. The van der Waals surface area contributed by atoms with E-state index in [0.29, 0.717) is 23.5 Å². The van der Waals surface area contributed by atoms with Crippen molar-refractivity contribution in [3.05, 3.63) is 60.2 Å². The average molecular weight is 485 g/mol. The molecular weight excluding hydrogens is 466 g/mol. The summed E-state index contributed by atoms with van der Waals surface area (Å²) in [5, 5.41) is 10.7. The summed E-state index contributed by atoms with van der Waals surface area (Å²) >= 11 is 0. The Kier molecular flexibility index (Phi) is 5.50. The monoisotopic (exact) mass is 485 g/mol. The third-order valence-corrected chi connectivity index (χ3v) is 5.77. The lowest BCUT2D eigenvalue weighted by Crippen LogP contribution is -2.40. The molecule has 0 bridgehead atoms. The van der Waals surface area contributed by atoms with Gasteiger partial charge in [0.1, 0.15) is 0 Å². The van der Waals surface area contributed by atoms with Crippen molar-refractivity contribution >= 4 is 45.6 Å². The van der Waals surface area contributed by atoms with Crippen LogP contribution in [0.2, 0.25) is 0 Å². The van der Waals surface area contributed by atoms with Crippen LogP contribution in [0, 0.1) is 5.82 Å². The van der Waals surface area contributed by atoms with E-state index in [4.69, 9.17) is 0 Å². The summed E-state index contributed by atoms with van der Waals surface area (Å²) in [4.78, 5) is 22.5. The van der Waals surface area contributed by atoms with E-state index in [9.17, 15) is 22.4 Å². The lowest BCUT2D eigenvalue weighted by Gasteiger charge is -2.23. The Morgan fingerprint density at radius 2 is 2.06 bits per heavy atom. The Morgan fingerprint density at radius 1 is 1.23 bits per heavy atom. The summed E-state index contributed by atoms with van der Waals surface area (Å²) < 4.78 is 53.4. The zero-order valence-corrected chi connectivity index (χ0v) is 18.4. The lowest BCUT2D eigenvalue weighted by molar-refractivity contribution is -0.170. The standard InChI is InChI=1S/C23H19F4N7O/c1-2-33(19-5-3-4-17-15(19)11-29-32-17)20-16(24)12-28-22(31-20)30-14-6-7-18-13(10-14)8-9-34(18)21(35)23(25,26)27/h3-7,10-12H,2,8-9H2,1H3,(H,29,32)(H,28,30,31). The van der Waals surface area contributed by atoms with Gasteiger partial charge < -0.3 is 15.1 Å². The van der Waals surface area contributed by atoms with Gasteiger partial charge in [0.05, 0.1) is 23.6 Å². The first-order valence-corrected chi connectivity index (χ1v) is 10.8. The van der Waals surface area contributed by atoms with E-state index in [1.165, 1.54) is 12.1 Å². The molecule has 0 saturated heterocycles. The zero-order valence-electron chi connectivity index (χ0n) is 18.4. The fourth-order valence-electron chi connectivity index (χ4n) is 4.20. The summed E-state index contributed by atoms with van der Waals surface area (Å²) in [6, 6.07) is 10.1. The van der Waals surface area contributed by atoms with Gasteiger partial charge in [-0.15, -0.1) is 0 Å². The first kappa shape index (κ1) is 22.6. The van der Waals surface area contributed by atoms with Crippen LogP contribution in [0.3, 0.4) is 0 Å². The van der Waals surface area contributed by atoms with Crippen molar-refractivity contribution in [3.63, 3.8) is 0 Å². The van der Waals surface area contributed by atoms with Crippen molar-refractivity contribution in [2.45, 2.75) is 19.5 Å². The minimum absolute atomic E-state index is 0.0562. The maximum Gasteiger partial charge on any atom is 0.471 e.